The van der Waals surface area contributed by atoms with Crippen LogP contribution < -0.4 is 10.6 Å². The second kappa shape index (κ2) is 15.7. The van der Waals surface area contributed by atoms with Gasteiger partial charge in [-0.2, -0.15) is 8.61 Å². The minimum Gasteiger partial charge on any atom is -0.377 e. The van der Waals surface area contributed by atoms with Crippen LogP contribution in [0.1, 0.15) is 46.4 Å². The van der Waals surface area contributed by atoms with Crippen molar-refractivity contribution in [2.75, 3.05) is 51.0 Å². The summed E-state index contributed by atoms with van der Waals surface area (Å²) >= 11 is 1.22. The highest BCUT2D eigenvalue weighted by Crippen LogP contribution is 2.28. The number of hydrogen-bond acceptors (Lipinski definition) is 10. The zero-order valence-corrected chi connectivity index (χ0v) is 30.6. The number of benzene rings is 3. The average molecular weight is 754 g/mol. The first-order valence-corrected chi connectivity index (χ1v) is 20.2. The van der Waals surface area contributed by atoms with Gasteiger partial charge in [0.05, 0.1) is 27.7 Å². The number of hydrogen-bond donors (Lipinski definition) is 2. The van der Waals surface area contributed by atoms with Gasteiger partial charge in [-0.15, -0.1) is 11.3 Å². The third-order valence-electron chi connectivity index (χ3n) is 8.76. The molecule has 13 nitrogen and oxygen atoms in total. The molecule has 0 bridgehead atoms. The van der Waals surface area contributed by atoms with Crippen LogP contribution in [-0.4, -0.2) is 94.9 Å². The van der Waals surface area contributed by atoms with E-state index in [9.17, 15) is 26.4 Å². The van der Waals surface area contributed by atoms with Crippen LogP contribution in [0.5, 0.6) is 0 Å². The molecule has 0 spiro atoms. The van der Waals surface area contributed by atoms with Crippen molar-refractivity contribution >= 4 is 54.0 Å². The quantitative estimate of drug-likeness (QED) is 0.193. The van der Waals surface area contributed by atoms with E-state index >= 15 is 0 Å². The van der Waals surface area contributed by atoms with Crippen LogP contribution in [0.3, 0.4) is 0 Å². The highest BCUT2D eigenvalue weighted by atomic mass is 32.2. The molecule has 2 aliphatic rings. The first-order valence-electron chi connectivity index (χ1n) is 16.4. The molecule has 2 saturated heterocycles. The van der Waals surface area contributed by atoms with E-state index in [-0.39, 0.29) is 46.2 Å². The second-order valence-electron chi connectivity index (χ2n) is 12.4. The minimum atomic E-state index is -3.74. The van der Waals surface area contributed by atoms with E-state index < -0.39 is 31.9 Å². The highest BCUT2D eigenvalue weighted by Gasteiger charge is 2.28. The maximum atomic E-state index is 13.0. The van der Waals surface area contributed by atoms with Crippen molar-refractivity contribution in [1.82, 2.24) is 13.6 Å². The molecule has 51 heavy (non-hydrogen) atoms. The van der Waals surface area contributed by atoms with E-state index in [2.05, 4.69) is 15.6 Å². The summed E-state index contributed by atoms with van der Waals surface area (Å²) in [5.74, 6) is -0.856. The largest absolute Gasteiger partial charge is 0.377 e. The number of likely N-dealkylation sites (N-methyl/N-ethyl adjacent to an activating group) is 2. The fraction of sp³-hybridized carbons (Fsp3) is 0.343. The van der Waals surface area contributed by atoms with Crippen molar-refractivity contribution in [3.63, 3.8) is 0 Å². The van der Waals surface area contributed by atoms with Gasteiger partial charge in [0, 0.05) is 68.2 Å². The Kier molecular flexibility index (Phi) is 11.3. The van der Waals surface area contributed by atoms with Gasteiger partial charge in [0.15, 0.2) is 5.13 Å². The van der Waals surface area contributed by atoms with E-state index in [1.54, 1.807) is 23.6 Å². The van der Waals surface area contributed by atoms with Crippen LogP contribution in [0, 0.1) is 0 Å². The first kappa shape index (κ1) is 36.8. The Labute approximate surface area is 301 Å². The number of amides is 2. The summed E-state index contributed by atoms with van der Waals surface area (Å²) in [4.78, 5) is 30.7. The number of sulfonamides is 2. The molecule has 2 amide bonds. The van der Waals surface area contributed by atoms with Crippen molar-refractivity contribution < 1.29 is 35.9 Å². The SMILES string of the molecule is CN(CC1CCCO1)S(=O)(=O)c1ccc(C(=O)Nc2cccc(-c3csc(NC(=O)c4ccc(S(=O)(=O)N(C)CC5CCCO5)cc4)n3)c2)cc1. The van der Waals surface area contributed by atoms with Crippen molar-refractivity contribution in [2.45, 2.75) is 47.7 Å². The van der Waals surface area contributed by atoms with Gasteiger partial charge in [-0.1, -0.05) is 12.1 Å². The molecule has 6 rings (SSSR count). The maximum Gasteiger partial charge on any atom is 0.257 e. The van der Waals surface area contributed by atoms with Crippen molar-refractivity contribution in [2.24, 2.45) is 0 Å². The Balaban J connectivity index is 1.05. The number of anilines is 2. The number of aromatic nitrogens is 1. The van der Waals surface area contributed by atoms with Gasteiger partial charge in [0.1, 0.15) is 0 Å². The van der Waals surface area contributed by atoms with Gasteiger partial charge in [-0.3, -0.25) is 14.9 Å². The average Bonchev–Trinajstić information content (AvgIpc) is 3.93. The smallest absolute Gasteiger partial charge is 0.257 e. The van der Waals surface area contributed by atoms with E-state index in [0.29, 0.717) is 35.3 Å². The normalized spacial score (nSPS) is 18.0. The number of rotatable bonds is 13. The van der Waals surface area contributed by atoms with E-state index in [1.165, 1.54) is 82.6 Å². The zero-order valence-electron chi connectivity index (χ0n) is 28.1. The van der Waals surface area contributed by atoms with Crippen LogP contribution >= 0.6 is 11.3 Å². The van der Waals surface area contributed by atoms with Crippen LogP contribution in [0.4, 0.5) is 10.8 Å². The third kappa shape index (κ3) is 8.72. The summed E-state index contributed by atoms with van der Waals surface area (Å²) in [7, 11) is -4.44. The van der Waals surface area contributed by atoms with Gasteiger partial charge in [-0.25, -0.2) is 21.8 Å². The second-order valence-corrected chi connectivity index (χ2v) is 17.4. The number of nitrogens with zero attached hydrogens (tertiary/aromatic N) is 3. The molecule has 16 heteroatoms. The molecular weight excluding hydrogens is 715 g/mol. The van der Waals surface area contributed by atoms with Crippen LogP contribution in [0.25, 0.3) is 11.3 Å². The fourth-order valence-corrected chi connectivity index (χ4v) is 8.98. The lowest BCUT2D eigenvalue weighted by Crippen LogP contribution is -2.34. The molecule has 2 atom stereocenters. The lowest BCUT2D eigenvalue weighted by molar-refractivity contribution is 0.0978. The minimum absolute atomic E-state index is 0.0848. The molecule has 2 unspecified atom stereocenters. The standard InChI is InChI=1S/C35H39N5O8S3/c1-39(21-28-8-4-18-47-28)50(43,44)30-14-10-24(11-15-30)33(41)36-27-7-3-6-26(20-27)32-23-49-35(37-32)38-34(42)25-12-16-31(17-13-25)51(45,46)40(2)22-29-9-5-19-48-29/h3,6-7,10-17,20,23,28-29H,4-5,8-9,18-19,21-22H2,1-2H3,(H,36,41)(H,37,38,42). The van der Waals surface area contributed by atoms with Crippen LogP contribution in [-0.2, 0) is 29.5 Å². The lowest BCUT2D eigenvalue weighted by atomic mass is 10.1. The Morgan fingerprint density at radius 1 is 0.765 bits per heavy atom. The van der Waals surface area contributed by atoms with Crippen LogP contribution in [0.15, 0.2) is 88.0 Å². The molecular formula is C35H39N5O8S3. The van der Waals surface area contributed by atoms with Gasteiger partial charge in [0.2, 0.25) is 20.0 Å². The molecule has 3 aromatic carbocycles. The first-order chi connectivity index (χ1) is 24.4. The van der Waals surface area contributed by atoms with E-state index in [0.717, 1.165) is 25.7 Å². The third-order valence-corrected chi connectivity index (χ3v) is 13.2. The molecule has 270 valence electrons. The molecule has 0 aliphatic carbocycles. The van der Waals surface area contributed by atoms with Crippen molar-refractivity contribution in [3.8, 4) is 11.3 Å². The predicted molar refractivity (Wildman–Crippen MR) is 194 cm³/mol. The number of thiazole rings is 1. The van der Waals surface area contributed by atoms with Crippen molar-refractivity contribution in [1.29, 1.82) is 0 Å². The Morgan fingerprint density at radius 3 is 1.76 bits per heavy atom. The maximum absolute atomic E-state index is 13.0. The number of ether oxygens (including phenoxy) is 2. The topological polar surface area (TPSA) is 164 Å². The van der Waals surface area contributed by atoms with E-state index in [1.807, 2.05) is 6.07 Å². The summed E-state index contributed by atoms with van der Waals surface area (Å²) in [5, 5.41) is 7.70. The summed E-state index contributed by atoms with van der Waals surface area (Å²) in [5.41, 5.74) is 2.33. The van der Waals surface area contributed by atoms with Gasteiger partial charge >= 0.3 is 0 Å². The number of carbonyl (C=O) groups is 2. The fourth-order valence-electron chi connectivity index (χ4n) is 5.86. The van der Waals surface area contributed by atoms with E-state index in [4.69, 9.17) is 9.47 Å². The summed E-state index contributed by atoms with van der Waals surface area (Å²) in [6.45, 7) is 1.81. The van der Waals surface area contributed by atoms with Gasteiger partial charge in [0.25, 0.3) is 11.8 Å². The van der Waals surface area contributed by atoms with Crippen molar-refractivity contribution in [3.05, 3.63) is 89.3 Å². The molecule has 2 fully saturated rings. The molecule has 2 aliphatic heterocycles. The number of nitrogens with one attached hydrogen (secondary N) is 2. The Hall–Kier alpha value is -4.03. The Bertz CT molecular complexity index is 2080. The van der Waals surface area contributed by atoms with Gasteiger partial charge < -0.3 is 14.8 Å². The van der Waals surface area contributed by atoms with Gasteiger partial charge in [-0.05, 0) is 86.3 Å². The zero-order chi connectivity index (χ0) is 36.2. The summed E-state index contributed by atoms with van der Waals surface area (Å²) in [6, 6.07) is 18.6. The number of carbonyl (C=O) groups excluding carboxylic acids is 2. The molecule has 1 aromatic heterocycles. The molecule has 4 aromatic rings. The molecule has 0 saturated carbocycles. The summed E-state index contributed by atoms with van der Waals surface area (Å²) < 4.78 is 65.7. The molecule has 3 heterocycles. The molecule has 0 radical (unpaired) electrons. The monoisotopic (exact) mass is 753 g/mol. The highest BCUT2D eigenvalue weighted by molar-refractivity contribution is 7.89. The summed E-state index contributed by atoms with van der Waals surface area (Å²) in [6.07, 6.45) is 3.24. The predicted octanol–water partition coefficient (Wildman–Crippen LogP) is 4.91. The molecule has 2 N–H and O–H groups in total. The Morgan fingerprint density at radius 2 is 1.27 bits per heavy atom. The van der Waals surface area contributed by atoms with Crippen LogP contribution in [0.2, 0.25) is 0 Å². The lowest BCUT2D eigenvalue weighted by Gasteiger charge is -2.20.